The lowest BCUT2D eigenvalue weighted by molar-refractivity contribution is 0.371. The van der Waals surface area contributed by atoms with E-state index in [-0.39, 0.29) is 5.75 Å². The number of ether oxygens (including phenoxy) is 1. The average molecular weight is 342 g/mol. The van der Waals surface area contributed by atoms with Crippen molar-refractivity contribution in [3.8, 4) is 11.5 Å². The summed E-state index contributed by atoms with van der Waals surface area (Å²) in [7, 11) is 1.50. The number of benzene rings is 1. The van der Waals surface area contributed by atoms with E-state index in [0.717, 1.165) is 16.4 Å². The summed E-state index contributed by atoms with van der Waals surface area (Å²) >= 11 is 4.85. The molecule has 1 aromatic carbocycles. The third-order valence-electron chi connectivity index (χ3n) is 2.29. The predicted octanol–water partition coefficient (Wildman–Crippen LogP) is 3.37. The highest BCUT2D eigenvalue weighted by atomic mass is 79.9. The number of thiazole rings is 1. The van der Waals surface area contributed by atoms with Crippen molar-refractivity contribution >= 4 is 38.6 Å². The van der Waals surface area contributed by atoms with Crippen LogP contribution in [0.2, 0.25) is 0 Å². The molecule has 0 atom stereocenters. The summed E-state index contributed by atoms with van der Waals surface area (Å²) in [4.78, 5) is 4.23. The van der Waals surface area contributed by atoms with Crippen molar-refractivity contribution in [2.45, 2.75) is 6.92 Å². The number of phenolic OH excluding ortho intramolecular Hbond substituents is 1. The maximum atomic E-state index is 9.60. The van der Waals surface area contributed by atoms with Crippen molar-refractivity contribution in [2.75, 3.05) is 12.5 Å². The molecule has 2 N–H and O–H groups in total. The number of methoxy groups -OCH3 is 1. The minimum Gasteiger partial charge on any atom is -0.504 e. The Labute approximate surface area is 123 Å². The summed E-state index contributed by atoms with van der Waals surface area (Å²) in [6.07, 6.45) is 1.63. The molecular weight excluding hydrogens is 330 g/mol. The number of halogens is 1. The predicted molar refractivity (Wildman–Crippen MR) is 80.4 cm³/mol. The molecule has 100 valence electrons. The van der Waals surface area contributed by atoms with Crippen LogP contribution < -0.4 is 10.2 Å². The van der Waals surface area contributed by atoms with Crippen molar-refractivity contribution in [1.82, 2.24) is 4.98 Å². The zero-order chi connectivity index (χ0) is 13.8. The van der Waals surface area contributed by atoms with E-state index in [2.05, 4.69) is 31.4 Å². The Kier molecular flexibility index (Phi) is 4.39. The Bertz CT molecular complexity index is 613. The highest BCUT2D eigenvalue weighted by Crippen LogP contribution is 2.36. The summed E-state index contributed by atoms with van der Waals surface area (Å²) in [6, 6.07) is 3.29. The Balaban J connectivity index is 2.15. The van der Waals surface area contributed by atoms with Crippen LogP contribution in [0.3, 0.4) is 0 Å². The number of aromatic hydroxyl groups is 1. The first-order chi connectivity index (χ1) is 9.11. The highest BCUT2D eigenvalue weighted by molar-refractivity contribution is 9.10. The minimum atomic E-state index is 0.0787. The van der Waals surface area contributed by atoms with Crippen molar-refractivity contribution < 1.29 is 9.84 Å². The molecule has 0 spiro atoms. The van der Waals surface area contributed by atoms with Crippen LogP contribution in [0.25, 0.3) is 0 Å². The van der Waals surface area contributed by atoms with Crippen molar-refractivity contribution in [2.24, 2.45) is 5.10 Å². The molecular formula is C12H12BrN3O2S. The number of hydrogen-bond donors (Lipinski definition) is 2. The van der Waals surface area contributed by atoms with Crippen molar-refractivity contribution in [1.29, 1.82) is 0 Å². The van der Waals surface area contributed by atoms with Gasteiger partial charge in [0.2, 0.25) is 5.13 Å². The van der Waals surface area contributed by atoms with Crippen LogP contribution in [0.1, 0.15) is 11.3 Å². The first-order valence-electron chi connectivity index (χ1n) is 5.38. The summed E-state index contributed by atoms with van der Waals surface area (Å²) in [5, 5.41) is 16.4. The summed E-state index contributed by atoms with van der Waals surface area (Å²) in [6.45, 7) is 1.92. The van der Waals surface area contributed by atoms with E-state index in [4.69, 9.17) is 4.74 Å². The van der Waals surface area contributed by atoms with Crippen molar-refractivity contribution in [3.63, 3.8) is 0 Å². The fourth-order valence-corrected chi connectivity index (χ4v) is 2.65. The van der Waals surface area contributed by atoms with Crippen LogP contribution in [0, 0.1) is 6.92 Å². The Hall–Kier alpha value is -1.60. The largest absolute Gasteiger partial charge is 0.504 e. The van der Waals surface area contributed by atoms with Crippen LogP contribution in [0.15, 0.2) is 27.1 Å². The van der Waals surface area contributed by atoms with Crippen LogP contribution >= 0.6 is 27.3 Å². The van der Waals surface area contributed by atoms with Crippen LogP contribution in [-0.4, -0.2) is 23.4 Å². The van der Waals surface area contributed by atoms with E-state index in [1.807, 2.05) is 12.3 Å². The average Bonchev–Trinajstić information content (AvgIpc) is 2.79. The van der Waals surface area contributed by atoms with Gasteiger partial charge in [0.05, 0.1) is 23.5 Å². The molecule has 0 radical (unpaired) electrons. The Morgan fingerprint density at radius 2 is 2.32 bits per heavy atom. The lowest BCUT2D eigenvalue weighted by Gasteiger charge is -2.07. The second kappa shape index (κ2) is 6.03. The fourth-order valence-electron chi connectivity index (χ4n) is 1.42. The van der Waals surface area contributed by atoms with Gasteiger partial charge in [-0.3, -0.25) is 5.43 Å². The lowest BCUT2D eigenvalue weighted by atomic mass is 10.2. The van der Waals surface area contributed by atoms with Crippen molar-refractivity contribution in [3.05, 3.63) is 33.2 Å². The molecule has 0 bridgehead atoms. The molecule has 19 heavy (non-hydrogen) atoms. The van der Waals surface area contributed by atoms with E-state index in [9.17, 15) is 5.11 Å². The molecule has 2 rings (SSSR count). The van der Waals surface area contributed by atoms with E-state index < -0.39 is 0 Å². The highest BCUT2D eigenvalue weighted by Gasteiger charge is 2.09. The quantitative estimate of drug-likeness (QED) is 0.660. The number of nitrogens with zero attached hydrogens (tertiary/aromatic N) is 2. The lowest BCUT2D eigenvalue weighted by Crippen LogP contribution is -1.93. The first-order valence-corrected chi connectivity index (χ1v) is 7.05. The van der Waals surface area contributed by atoms with Crippen LogP contribution in [0.4, 0.5) is 5.13 Å². The molecule has 0 aliphatic rings. The SMILES string of the molecule is COc1c(O)ccc(C=NNc2nc(C)cs2)c1Br. The number of rotatable bonds is 4. The van der Waals surface area contributed by atoms with Gasteiger partial charge in [-0.25, -0.2) is 4.98 Å². The van der Waals surface area contributed by atoms with Gasteiger partial charge in [-0.2, -0.15) is 5.10 Å². The van der Waals surface area contributed by atoms with Gasteiger partial charge >= 0.3 is 0 Å². The zero-order valence-electron chi connectivity index (χ0n) is 10.3. The first kappa shape index (κ1) is 13.8. The molecule has 5 nitrogen and oxygen atoms in total. The standard InChI is InChI=1S/C12H12BrN3O2S/c1-7-6-19-12(15-7)16-14-5-8-3-4-9(17)11(18-2)10(8)13/h3-6,17H,1-2H3,(H,15,16). The van der Waals surface area contributed by atoms with E-state index in [0.29, 0.717) is 10.2 Å². The fraction of sp³-hybridized carbons (Fsp3) is 0.167. The number of aromatic nitrogens is 1. The third kappa shape index (κ3) is 3.24. The molecule has 7 heteroatoms. The van der Waals surface area contributed by atoms with Gasteiger partial charge in [-0.1, -0.05) is 0 Å². The molecule has 1 heterocycles. The molecule has 1 aromatic heterocycles. The number of hydrazone groups is 1. The Morgan fingerprint density at radius 1 is 1.53 bits per heavy atom. The van der Waals surface area contributed by atoms with Crippen LogP contribution in [0.5, 0.6) is 11.5 Å². The molecule has 0 aliphatic carbocycles. The van der Waals surface area contributed by atoms with Gasteiger partial charge in [0.1, 0.15) is 0 Å². The summed E-state index contributed by atoms with van der Waals surface area (Å²) in [5.41, 5.74) is 4.59. The number of hydrogen-bond acceptors (Lipinski definition) is 6. The topological polar surface area (TPSA) is 66.7 Å². The number of nitrogens with one attached hydrogen (secondary N) is 1. The summed E-state index contributed by atoms with van der Waals surface area (Å²) in [5.74, 6) is 0.462. The monoisotopic (exact) mass is 341 g/mol. The van der Waals surface area contributed by atoms with Gasteiger partial charge in [-0.15, -0.1) is 11.3 Å². The van der Waals surface area contributed by atoms with Gasteiger partial charge in [-0.05, 0) is 35.0 Å². The third-order valence-corrected chi connectivity index (χ3v) is 3.98. The molecule has 0 amide bonds. The molecule has 0 fully saturated rings. The van der Waals surface area contributed by atoms with Gasteiger partial charge < -0.3 is 9.84 Å². The van der Waals surface area contributed by atoms with Gasteiger partial charge in [0.25, 0.3) is 0 Å². The smallest absolute Gasteiger partial charge is 0.203 e. The number of anilines is 1. The van der Waals surface area contributed by atoms with Gasteiger partial charge in [0.15, 0.2) is 11.5 Å². The Morgan fingerprint density at radius 3 is 2.95 bits per heavy atom. The van der Waals surface area contributed by atoms with E-state index in [1.54, 1.807) is 18.3 Å². The number of aryl methyl sites for hydroxylation is 1. The zero-order valence-corrected chi connectivity index (χ0v) is 12.7. The van der Waals surface area contributed by atoms with Crippen LogP contribution in [-0.2, 0) is 0 Å². The maximum absolute atomic E-state index is 9.60. The number of phenols is 1. The molecule has 2 aromatic rings. The van der Waals surface area contributed by atoms with E-state index in [1.165, 1.54) is 18.4 Å². The molecule has 0 saturated heterocycles. The molecule has 0 saturated carbocycles. The molecule has 0 unspecified atom stereocenters. The normalized spacial score (nSPS) is 10.9. The summed E-state index contributed by atoms with van der Waals surface area (Å²) < 4.78 is 5.74. The maximum Gasteiger partial charge on any atom is 0.203 e. The molecule has 0 aliphatic heterocycles. The second-order valence-corrected chi connectivity index (χ2v) is 5.34. The minimum absolute atomic E-state index is 0.0787. The van der Waals surface area contributed by atoms with E-state index >= 15 is 0 Å². The van der Waals surface area contributed by atoms with Gasteiger partial charge in [0, 0.05) is 10.9 Å². The second-order valence-electron chi connectivity index (χ2n) is 3.69.